The van der Waals surface area contributed by atoms with Crippen LogP contribution in [0.4, 0.5) is 11.4 Å². The molecule has 4 rings (SSSR count). The molecule has 0 amide bonds. The second kappa shape index (κ2) is 9.68. The molecule has 3 heterocycles. The van der Waals surface area contributed by atoms with E-state index in [-0.39, 0.29) is 6.61 Å². The fraction of sp³-hybridized carbons (Fsp3) is 0.292. The van der Waals surface area contributed by atoms with E-state index in [2.05, 4.69) is 20.0 Å². The van der Waals surface area contributed by atoms with Gasteiger partial charge in [-0.15, -0.1) is 0 Å². The summed E-state index contributed by atoms with van der Waals surface area (Å²) >= 11 is 0. The van der Waals surface area contributed by atoms with Crippen LogP contribution in [0.5, 0.6) is 0 Å². The lowest BCUT2D eigenvalue weighted by Gasteiger charge is -2.22. The van der Waals surface area contributed by atoms with Crippen molar-refractivity contribution in [3.05, 3.63) is 60.2 Å². The van der Waals surface area contributed by atoms with Gasteiger partial charge in [0.1, 0.15) is 23.2 Å². The molecule has 1 aliphatic rings. The smallest absolute Gasteiger partial charge is 0.235 e. The summed E-state index contributed by atoms with van der Waals surface area (Å²) in [5, 5.41) is 13.9. The molecular weight excluding hydrogens is 418 g/mol. The van der Waals surface area contributed by atoms with E-state index in [9.17, 15) is 9.90 Å². The van der Waals surface area contributed by atoms with E-state index in [1.807, 2.05) is 50.2 Å². The Morgan fingerprint density at radius 1 is 1.24 bits per heavy atom. The number of rotatable bonds is 8. The first-order chi connectivity index (χ1) is 16.0. The number of pyridine rings is 1. The van der Waals surface area contributed by atoms with E-state index < -0.39 is 6.04 Å². The van der Waals surface area contributed by atoms with E-state index in [1.165, 1.54) is 0 Å². The van der Waals surface area contributed by atoms with Crippen molar-refractivity contribution >= 4 is 28.9 Å². The number of carbonyl (C=O) groups excluding carboxylic acids is 1. The number of nitrogens with zero attached hydrogens (tertiary/aromatic N) is 7. The maximum absolute atomic E-state index is 10.9. The average molecular weight is 444 g/mol. The number of likely N-dealkylation sites (N-methyl/N-ethyl adjacent to an activating group) is 1. The molecule has 9 nitrogen and oxygen atoms in total. The van der Waals surface area contributed by atoms with Gasteiger partial charge in [0.2, 0.25) is 6.08 Å². The molecule has 3 aromatic rings. The Morgan fingerprint density at radius 2 is 2.09 bits per heavy atom. The summed E-state index contributed by atoms with van der Waals surface area (Å²) in [5.74, 6) is 0.567. The van der Waals surface area contributed by atoms with Crippen molar-refractivity contribution < 1.29 is 9.90 Å². The molecular formula is C24H25N7O2. The lowest BCUT2D eigenvalue weighted by atomic mass is 10.1. The van der Waals surface area contributed by atoms with Gasteiger partial charge in [0.05, 0.1) is 24.2 Å². The number of hydrogen-bond donors (Lipinski definition) is 1. The SMILES string of the molecule is CCN(CCO)c1ccc(N=C2C(C(C)N=C=O)=Nn3cc(-c4ccccn4)nc32)c(C)c1. The fourth-order valence-electron chi connectivity index (χ4n) is 3.73. The van der Waals surface area contributed by atoms with Gasteiger partial charge in [-0.05, 0) is 56.7 Å². The minimum atomic E-state index is -0.513. The van der Waals surface area contributed by atoms with Crippen LogP contribution in [0.3, 0.4) is 0 Å². The first kappa shape index (κ1) is 22.3. The predicted molar refractivity (Wildman–Crippen MR) is 128 cm³/mol. The predicted octanol–water partition coefficient (Wildman–Crippen LogP) is 3.13. The Kier molecular flexibility index (Phi) is 6.53. The van der Waals surface area contributed by atoms with Crippen LogP contribution in [-0.2, 0) is 4.79 Å². The number of aliphatic hydroxyl groups is 1. The van der Waals surface area contributed by atoms with Crippen molar-refractivity contribution in [1.82, 2.24) is 14.6 Å². The van der Waals surface area contributed by atoms with Crippen LogP contribution < -0.4 is 4.90 Å². The second-order valence-electron chi connectivity index (χ2n) is 7.63. The van der Waals surface area contributed by atoms with Gasteiger partial charge in [-0.1, -0.05) is 6.07 Å². The molecule has 1 unspecified atom stereocenters. The Labute approximate surface area is 191 Å². The molecule has 168 valence electrons. The molecule has 2 aromatic heterocycles. The number of hydrogen-bond acceptors (Lipinski definition) is 8. The maximum Gasteiger partial charge on any atom is 0.235 e. The molecule has 1 aliphatic heterocycles. The molecule has 0 fully saturated rings. The zero-order chi connectivity index (χ0) is 23.4. The van der Waals surface area contributed by atoms with Crippen LogP contribution in [0.15, 0.2) is 63.9 Å². The summed E-state index contributed by atoms with van der Waals surface area (Å²) in [6, 6.07) is 11.1. The highest BCUT2D eigenvalue weighted by atomic mass is 16.3. The number of isocyanates is 1. The molecule has 0 aliphatic carbocycles. The molecule has 0 bridgehead atoms. The van der Waals surface area contributed by atoms with Crippen molar-refractivity contribution in [2.24, 2.45) is 15.1 Å². The summed E-state index contributed by atoms with van der Waals surface area (Å²) in [7, 11) is 0. The number of aryl methyl sites for hydroxylation is 1. The standard InChI is InChI=1S/C24H25N7O2/c1-4-30(11-12-32)18-8-9-19(16(2)13-18)27-23-22(17(3)26-15-33)29-31-14-21(28-24(23)31)20-7-5-6-10-25-20/h5-10,13-14,17,32H,4,11-12H2,1-3H3. The highest BCUT2D eigenvalue weighted by molar-refractivity contribution is 6.50. The lowest BCUT2D eigenvalue weighted by Crippen LogP contribution is -2.26. The number of aliphatic imine (C=N–C) groups is 2. The van der Waals surface area contributed by atoms with Gasteiger partial charge in [0.25, 0.3) is 0 Å². The van der Waals surface area contributed by atoms with Crippen molar-refractivity contribution in [3.8, 4) is 11.4 Å². The number of benzene rings is 1. The summed E-state index contributed by atoms with van der Waals surface area (Å²) in [5.41, 5.74) is 5.28. The zero-order valence-electron chi connectivity index (χ0n) is 18.8. The molecule has 1 aromatic carbocycles. The quantitative estimate of drug-likeness (QED) is 0.425. The van der Waals surface area contributed by atoms with Crippen molar-refractivity contribution in [2.75, 3.05) is 24.6 Å². The summed E-state index contributed by atoms with van der Waals surface area (Å²) in [6.45, 7) is 7.26. The van der Waals surface area contributed by atoms with Crippen LogP contribution in [0, 0.1) is 6.92 Å². The van der Waals surface area contributed by atoms with Gasteiger partial charge in [-0.25, -0.2) is 19.4 Å². The summed E-state index contributed by atoms with van der Waals surface area (Å²) in [6.07, 6.45) is 5.12. The number of imidazole rings is 1. The van der Waals surface area contributed by atoms with Gasteiger partial charge in [0, 0.05) is 25.0 Å². The zero-order valence-corrected chi connectivity index (χ0v) is 18.8. The molecule has 33 heavy (non-hydrogen) atoms. The Balaban J connectivity index is 1.77. The third-order valence-electron chi connectivity index (χ3n) is 5.46. The normalized spacial score (nSPS) is 14.5. The molecule has 9 heteroatoms. The van der Waals surface area contributed by atoms with Crippen molar-refractivity contribution in [3.63, 3.8) is 0 Å². The Morgan fingerprint density at radius 3 is 2.76 bits per heavy atom. The van der Waals surface area contributed by atoms with Gasteiger partial charge < -0.3 is 10.0 Å². The largest absolute Gasteiger partial charge is 0.395 e. The van der Waals surface area contributed by atoms with E-state index in [0.717, 1.165) is 29.2 Å². The highest BCUT2D eigenvalue weighted by Crippen LogP contribution is 2.28. The minimum absolute atomic E-state index is 0.0904. The van der Waals surface area contributed by atoms with E-state index in [0.29, 0.717) is 29.5 Å². The molecule has 0 radical (unpaired) electrons. The summed E-state index contributed by atoms with van der Waals surface area (Å²) in [4.78, 5) is 30.8. The second-order valence-corrected chi connectivity index (χ2v) is 7.63. The van der Waals surface area contributed by atoms with Crippen LogP contribution in [0.2, 0.25) is 0 Å². The number of anilines is 1. The maximum atomic E-state index is 10.9. The molecule has 1 N–H and O–H groups in total. The fourth-order valence-corrected chi connectivity index (χ4v) is 3.73. The van der Waals surface area contributed by atoms with E-state index >= 15 is 0 Å². The average Bonchev–Trinajstić information content (AvgIpc) is 3.39. The third kappa shape index (κ3) is 4.50. The Hall–Kier alpha value is -3.94. The first-order valence-electron chi connectivity index (χ1n) is 10.8. The van der Waals surface area contributed by atoms with E-state index in [1.54, 1.807) is 30.1 Å². The topological polar surface area (TPSA) is 108 Å². The van der Waals surface area contributed by atoms with Crippen LogP contribution in [0.25, 0.3) is 11.4 Å². The van der Waals surface area contributed by atoms with Crippen LogP contribution in [0.1, 0.15) is 25.2 Å². The number of aromatic nitrogens is 3. The van der Waals surface area contributed by atoms with Gasteiger partial charge in [0.15, 0.2) is 5.82 Å². The lowest BCUT2D eigenvalue weighted by molar-refractivity contribution is 0.302. The third-order valence-corrected chi connectivity index (χ3v) is 5.46. The number of fused-ring (bicyclic) bond motifs is 1. The van der Waals surface area contributed by atoms with Crippen LogP contribution in [-0.4, -0.2) is 63.0 Å². The molecule has 0 spiro atoms. The van der Waals surface area contributed by atoms with Crippen LogP contribution >= 0.6 is 0 Å². The van der Waals surface area contributed by atoms with Gasteiger partial charge in [-0.2, -0.15) is 10.1 Å². The highest BCUT2D eigenvalue weighted by Gasteiger charge is 2.30. The summed E-state index contributed by atoms with van der Waals surface area (Å²) < 4.78 is 1.65. The Bertz CT molecular complexity index is 1260. The molecule has 1 atom stereocenters. The van der Waals surface area contributed by atoms with Crippen molar-refractivity contribution in [2.45, 2.75) is 26.8 Å². The van der Waals surface area contributed by atoms with E-state index in [4.69, 9.17) is 9.98 Å². The first-order valence-corrected chi connectivity index (χ1v) is 10.8. The van der Waals surface area contributed by atoms with Gasteiger partial charge >= 0.3 is 0 Å². The van der Waals surface area contributed by atoms with Crippen molar-refractivity contribution in [1.29, 1.82) is 0 Å². The van der Waals surface area contributed by atoms with Gasteiger partial charge in [-0.3, -0.25) is 4.98 Å². The minimum Gasteiger partial charge on any atom is -0.395 e. The molecule has 0 saturated heterocycles. The number of aliphatic hydroxyl groups excluding tert-OH is 1. The molecule has 0 saturated carbocycles. The monoisotopic (exact) mass is 443 g/mol.